The Morgan fingerprint density at radius 1 is 1.23 bits per heavy atom. The molecule has 1 aliphatic heterocycles. The normalized spacial score (nSPS) is 17.6. The Morgan fingerprint density at radius 3 is 2.68 bits per heavy atom. The molecule has 6 heteroatoms. The molecule has 3 aromatic rings. The molecule has 3 heterocycles. The topological polar surface area (TPSA) is 32.6 Å². The molecule has 1 aromatic carbocycles. The van der Waals surface area contributed by atoms with Gasteiger partial charge in [-0.2, -0.15) is 0 Å². The van der Waals surface area contributed by atoms with Crippen molar-refractivity contribution in [2.24, 2.45) is 5.92 Å². The maximum atomic E-state index is 15.2. The average Bonchev–Trinajstić information content (AvgIpc) is 2.91. The molecule has 1 atom stereocenters. The number of benzene rings is 1. The Balaban J connectivity index is 1.84. The Labute approximate surface area is 182 Å². The second-order valence-electron chi connectivity index (χ2n) is 8.71. The minimum absolute atomic E-state index is 0.0639. The minimum atomic E-state index is -0.620. The summed E-state index contributed by atoms with van der Waals surface area (Å²) in [4.78, 5) is 7.05. The van der Waals surface area contributed by atoms with E-state index in [1.807, 2.05) is 29.7 Å². The highest BCUT2D eigenvalue weighted by atomic mass is 19.1. The molecule has 0 spiro atoms. The van der Waals surface area contributed by atoms with Crippen LogP contribution in [0.3, 0.4) is 0 Å². The molecule has 1 aliphatic rings. The molecule has 2 aromatic heterocycles. The summed E-state index contributed by atoms with van der Waals surface area (Å²) in [5, 5.41) is 2.85. The van der Waals surface area contributed by atoms with Crippen LogP contribution in [0, 0.1) is 24.5 Å². The third-order valence-corrected chi connectivity index (χ3v) is 6.26. The van der Waals surface area contributed by atoms with Crippen LogP contribution in [0.2, 0.25) is 0 Å². The first-order valence-corrected chi connectivity index (χ1v) is 10.9. The number of nitrogens with zero attached hydrogens (tertiary/aromatic N) is 3. The molecule has 0 bridgehead atoms. The van der Waals surface area contributed by atoms with Crippen molar-refractivity contribution in [3.05, 3.63) is 65.5 Å². The largest absolute Gasteiger partial charge is 0.388 e. The molecule has 0 radical (unpaired) electrons. The lowest BCUT2D eigenvalue weighted by Crippen LogP contribution is -2.25. The second kappa shape index (κ2) is 8.79. The van der Waals surface area contributed by atoms with Crippen molar-refractivity contribution in [2.75, 3.05) is 27.2 Å². The molecule has 1 saturated heterocycles. The fourth-order valence-corrected chi connectivity index (χ4v) is 4.59. The van der Waals surface area contributed by atoms with Gasteiger partial charge in [0.15, 0.2) is 0 Å². The van der Waals surface area contributed by atoms with Crippen molar-refractivity contribution in [2.45, 2.75) is 32.6 Å². The van der Waals surface area contributed by atoms with E-state index in [9.17, 15) is 0 Å². The number of rotatable bonds is 5. The lowest BCUT2D eigenvalue weighted by molar-refractivity contribution is 0.297. The first-order chi connectivity index (χ1) is 14.9. The van der Waals surface area contributed by atoms with Crippen molar-refractivity contribution in [1.82, 2.24) is 19.6 Å². The van der Waals surface area contributed by atoms with E-state index in [2.05, 4.69) is 23.8 Å². The van der Waals surface area contributed by atoms with Gasteiger partial charge in [-0.05, 0) is 75.5 Å². The smallest absolute Gasteiger partial charge is 0.137 e. The van der Waals surface area contributed by atoms with Crippen molar-refractivity contribution >= 4 is 11.3 Å². The molecule has 4 rings (SSSR count). The predicted octanol–water partition coefficient (Wildman–Crippen LogP) is 5.05. The van der Waals surface area contributed by atoms with E-state index in [1.54, 1.807) is 7.05 Å². The van der Waals surface area contributed by atoms with E-state index in [-0.39, 0.29) is 5.56 Å². The summed E-state index contributed by atoms with van der Waals surface area (Å²) in [7, 11) is 3.82. The number of nitrogens with one attached hydrogen (secondary N) is 1. The zero-order valence-electron chi connectivity index (χ0n) is 18.5. The first kappa shape index (κ1) is 21.5. The lowest BCUT2D eigenvalue weighted by atomic mass is 9.95. The highest BCUT2D eigenvalue weighted by Crippen LogP contribution is 2.33. The molecule has 0 saturated carbocycles. The SMILES string of the molecule is C=C(NC)c1cc(F)c(-c2nc3cc(C)ccn3c2CC2CCCCN(C)C2)c(F)c1. The highest BCUT2D eigenvalue weighted by molar-refractivity contribution is 5.71. The Hall–Kier alpha value is -2.73. The van der Waals surface area contributed by atoms with Gasteiger partial charge >= 0.3 is 0 Å². The van der Waals surface area contributed by atoms with Gasteiger partial charge in [0.05, 0.1) is 17.0 Å². The maximum Gasteiger partial charge on any atom is 0.137 e. The number of likely N-dealkylation sites (tertiary alicyclic amines) is 1. The Bertz CT molecular complexity index is 1100. The summed E-state index contributed by atoms with van der Waals surface area (Å²) in [6.45, 7) is 7.88. The van der Waals surface area contributed by atoms with E-state index < -0.39 is 11.6 Å². The summed E-state index contributed by atoms with van der Waals surface area (Å²) in [5.41, 5.74) is 3.85. The number of imidazole rings is 1. The third kappa shape index (κ3) is 4.35. The van der Waals surface area contributed by atoms with Crippen LogP contribution in [0.4, 0.5) is 8.78 Å². The summed E-state index contributed by atoms with van der Waals surface area (Å²) >= 11 is 0. The molecule has 0 amide bonds. The van der Waals surface area contributed by atoms with Crippen molar-refractivity contribution in [3.8, 4) is 11.3 Å². The Kier molecular flexibility index (Phi) is 6.10. The molecule has 164 valence electrons. The van der Waals surface area contributed by atoms with Gasteiger partial charge in [0.1, 0.15) is 17.3 Å². The predicted molar refractivity (Wildman–Crippen MR) is 122 cm³/mol. The van der Waals surface area contributed by atoms with E-state index in [1.165, 1.54) is 25.0 Å². The van der Waals surface area contributed by atoms with Gasteiger partial charge in [-0.1, -0.05) is 13.0 Å². The summed E-state index contributed by atoms with van der Waals surface area (Å²) in [6, 6.07) is 6.62. The quantitative estimate of drug-likeness (QED) is 0.622. The highest BCUT2D eigenvalue weighted by Gasteiger charge is 2.25. The molecule has 31 heavy (non-hydrogen) atoms. The number of hydrogen-bond donors (Lipinski definition) is 1. The number of aromatic nitrogens is 2. The fraction of sp³-hybridized carbons (Fsp3) is 0.400. The van der Waals surface area contributed by atoms with Crippen LogP contribution >= 0.6 is 0 Å². The summed E-state index contributed by atoms with van der Waals surface area (Å²) in [5.74, 6) is -0.821. The standard InChI is InChI=1S/C25H30F2N4/c1-16-8-10-31-22(12-18-7-5-6-9-30(4)15-18)25(29-23(31)11-16)24-20(26)13-19(14-21(24)27)17(2)28-3/h8,10-11,13-14,18,28H,2,5-7,9,12,15H2,1,3-4H3. The summed E-state index contributed by atoms with van der Waals surface area (Å²) < 4.78 is 32.4. The number of halogens is 2. The van der Waals surface area contributed by atoms with Crippen molar-refractivity contribution in [3.63, 3.8) is 0 Å². The monoisotopic (exact) mass is 424 g/mol. The zero-order chi connectivity index (χ0) is 22.1. The molecular formula is C25H30F2N4. The minimum Gasteiger partial charge on any atom is -0.388 e. The van der Waals surface area contributed by atoms with Crippen LogP contribution < -0.4 is 5.32 Å². The average molecular weight is 425 g/mol. The molecule has 1 fully saturated rings. The molecule has 0 aliphatic carbocycles. The molecular weight excluding hydrogens is 394 g/mol. The van der Waals surface area contributed by atoms with Gasteiger partial charge in [-0.3, -0.25) is 0 Å². The van der Waals surface area contributed by atoms with Gasteiger partial charge in [-0.15, -0.1) is 0 Å². The summed E-state index contributed by atoms with van der Waals surface area (Å²) in [6.07, 6.45) is 6.16. The van der Waals surface area contributed by atoms with Crippen LogP contribution in [-0.2, 0) is 6.42 Å². The van der Waals surface area contributed by atoms with E-state index in [4.69, 9.17) is 4.98 Å². The van der Waals surface area contributed by atoms with Crippen molar-refractivity contribution < 1.29 is 8.78 Å². The van der Waals surface area contributed by atoms with E-state index in [0.717, 1.165) is 42.8 Å². The zero-order valence-corrected chi connectivity index (χ0v) is 18.5. The molecule has 4 nitrogen and oxygen atoms in total. The van der Waals surface area contributed by atoms with Gasteiger partial charge in [0.2, 0.25) is 0 Å². The van der Waals surface area contributed by atoms with Crippen LogP contribution in [0.5, 0.6) is 0 Å². The van der Waals surface area contributed by atoms with Crippen LogP contribution in [0.1, 0.15) is 36.1 Å². The van der Waals surface area contributed by atoms with Gasteiger partial charge in [0.25, 0.3) is 0 Å². The number of fused-ring (bicyclic) bond motifs is 1. The van der Waals surface area contributed by atoms with Crippen molar-refractivity contribution in [1.29, 1.82) is 0 Å². The second-order valence-corrected chi connectivity index (χ2v) is 8.71. The molecule has 1 N–H and O–H groups in total. The van der Waals surface area contributed by atoms with E-state index in [0.29, 0.717) is 22.9 Å². The van der Waals surface area contributed by atoms with Crippen LogP contribution in [0.25, 0.3) is 22.6 Å². The van der Waals surface area contributed by atoms with Crippen LogP contribution in [-0.4, -0.2) is 41.5 Å². The number of hydrogen-bond acceptors (Lipinski definition) is 3. The van der Waals surface area contributed by atoms with E-state index >= 15 is 8.78 Å². The maximum absolute atomic E-state index is 15.2. The number of pyridine rings is 1. The van der Waals surface area contributed by atoms with Gasteiger partial charge in [0, 0.05) is 31.0 Å². The first-order valence-electron chi connectivity index (χ1n) is 10.9. The van der Waals surface area contributed by atoms with Gasteiger partial charge < -0.3 is 14.6 Å². The van der Waals surface area contributed by atoms with Gasteiger partial charge in [-0.25, -0.2) is 13.8 Å². The number of aryl methyl sites for hydroxylation is 1. The Morgan fingerprint density at radius 2 is 1.97 bits per heavy atom. The third-order valence-electron chi connectivity index (χ3n) is 6.26. The molecule has 1 unspecified atom stereocenters. The van der Waals surface area contributed by atoms with Crippen LogP contribution in [0.15, 0.2) is 37.0 Å². The lowest BCUT2D eigenvalue weighted by Gasteiger charge is -2.20. The fourth-order valence-electron chi connectivity index (χ4n) is 4.59.